The average Bonchev–Trinajstić information content (AvgIpc) is 2.78. The average molecular weight is 457 g/mol. The van der Waals surface area contributed by atoms with Gasteiger partial charge in [-0.05, 0) is 81.0 Å². The van der Waals surface area contributed by atoms with Crippen molar-refractivity contribution in [2.45, 2.75) is 45.6 Å². The Hall–Kier alpha value is -1.94. The van der Waals surface area contributed by atoms with E-state index in [9.17, 15) is 0 Å². The molecule has 0 saturated carbocycles. The normalized spacial score (nSPS) is 19.9. The van der Waals surface area contributed by atoms with Gasteiger partial charge in [0.1, 0.15) is 5.75 Å². The summed E-state index contributed by atoms with van der Waals surface area (Å²) in [4.78, 5) is 2.63. The first-order chi connectivity index (χ1) is 15.0. The summed E-state index contributed by atoms with van der Waals surface area (Å²) in [5, 5.41) is 5.22. The predicted molar refractivity (Wildman–Crippen MR) is 131 cm³/mol. The highest BCUT2D eigenvalue weighted by Crippen LogP contribution is 2.31. The van der Waals surface area contributed by atoms with Gasteiger partial charge in [-0.25, -0.2) is 0 Å². The van der Waals surface area contributed by atoms with Crippen molar-refractivity contribution >= 4 is 28.9 Å². The van der Waals surface area contributed by atoms with E-state index in [-0.39, 0.29) is 0 Å². The number of rotatable bonds is 5. The molecule has 1 aliphatic heterocycles. The molecule has 0 saturated heterocycles. The quantitative estimate of drug-likeness (QED) is 0.556. The summed E-state index contributed by atoms with van der Waals surface area (Å²) >= 11 is 12.8. The van der Waals surface area contributed by atoms with Crippen LogP contribution in [0, 0.1) is 0 Å². The summed E-state index contributed by atoms with van der Waals surface area (Å²) in [5.74, 6) is 0.765. The molecule has 2 aromatic rings. The van der Waals surface area contributed by atoms with Crippen LogP contribution in [0.4, 0.5) is 0 Å². The van der Waals surface area contributed by atoms with Crippen LogP contribution in [-0.4, -0.2) is 31.1 Å². The van der Waals surface area contributed by atoms with E-state index in [0.29, 0.717) is 11.1 Å². The molecule has 5 heteroatoms. The first kappa shape index (κ1) is 22.3. The maximum atomic E-state index is 6.55. The van der Waals surface area contributed by atoms with E-state index in [1.807, 2.05) is 31.2 Å². The second-order valence-electron chi connectivity index (χ2n) is 8.46. The molecule has 0 bridgehead atoms. The number of nitrogens with one attached hydrogen (secondary N) is 1. The van der Waals surface area contributed by atoms with Crippen LogP contribution in [0.15, 0.2) is 53.7 Å². The van der Waals surface area contributed by atoms with Crippen LogP contribution >= 0.6 is 23.2 Å². The smallest absolute Gasteiger partial charge is 0.120 e. The molecule has 31 heavy (non-hydrogen) atoms. The Bertz CT molecular complexity index is 1030. The Morgan fingerprint density at radius 3 is 2.71 bits per heavy atom. The Balaban J connectivity index is 1.49. The monoisotopic (exact) mass is 456 g/mol. The van der Waals surface area contributed by atoms with Gasteiger partial charge in [-0.15, -0.1) is 0 Å². The van der Waals surface area contributed by atoms with Crippen molar-refractivity contribution in [1.82, 2.24) is 10.2 Å². The number of fused-ring (bicyclic) bond motifs is 1. The molecular formula is C26H30Cl2N2O. The van der Waals surface area contributed by atoms with Gasteiger partial charge in [-0.1, -0.05) is 40.9 Å². The summed E-state index contributed by atoms with van der Waals surface area (Å²) in [6.07, 6.45) is 6.56. The molecule has 0 amide bonds. The van der Waals surface area contributed by atoms with E-state index in [2.05, 4.69) is 35.3 Å². The van der Waals surface area contributed by atoms with Crippen molar-refractivity contribution in [2.24, 2.45) is 0 Å². The lowest BCUT2D eigenvalue weighted by atomic mass is 9.86. The van der Waals surface area contributed by atoms with Crippen LogP contribution in [0.3, 0.4) is 0 Å². The molecule has 0 aromatic heterocycles. The number of methoxy groups -OCH3 is 1. The van der Waals surface area contributed by atoms with Gasteiger partial charge in [0.05, 0.1) is 12.1 Å². The van der Waals surface area contributed by atoms with Crippen LogP contribution in [0.25, 0.3) is 5.70 Å². The van der Waals surface area contributed by atoms with Gasteiger partial charge in [0.25, 0.3) is 0 Å². The number of allylic oxidation sites excluding steroid dienone is 1. The van der Waals surface area contributed by atoms with Gasteiger partial charge in [-0.2, -0.15) is 0 Å². The molecular weight excluding hydrogens is 427 g/mol. The molecule has 1 heterocycles. The van der Waals surface area contributed by atoms with Crippen LogP contribution in [-0.2, 0) is 12.8 Å². The molecule has 1 N–H and O–H groups in total. The lowest BCUT2D eigenvalue weighted by Crippen LogP contribution is -2.45. The Labute approximate surface area is 195 Å². The van der Waals surface area contributed by atoms with Crippen molar-refractivity contribution in [3.63, 3.8) is 0 Å². The number of hydrogen-bond donors (Lipinski definition) is 1. The number of ether oxygens (including phenoxy) is 1. The zero-order valence-electron chi connectivity index (χ0n) is 18.5. The second kappa shape index (κ2) is 9.68. The van der Waals surface area contributed by atoms with E-state index in [1.54, 1.807) is 7.11 Å². The summed E-state index contributed by atoms with van der Waals surface area (Å²) in [5.41, 5.74) is 7.58. The number of halogens is 2. The largest absolute Gasteiger partial charge is 0.497 e. The zero-order valence-corrected chi connectivity index (χ0v) is 20.0. The Morgan fingerprint density at radius 1 is 1.13 bits per heavy atom. The highest BCUT2D eigenvalue weighted by atomic mass is 35.5. The molecule has 0 fully saturated rings. The Kier molecular flexibility index (Phi) is 6.95. The molecule has 2 aromatic carbocycles. The van der Waals surface area contributed by atoms with Crippen molar-refractivity contribution in [3.05, 3.63) is 80.5 Å². The number of nitrogens with zero attached hydrogens (tertiary/aromatic N) is 1. The molecule has 1 unspecified atom stereocenters. The lowest BCUT2D eigenvalue weighted by molar-refractivity contribution is 0.185. The van der Waals surface area contributed by atoms with Crippen molar-refractivity contribution in [3.8, 4) is 5.75 Å². The van der Waals surface area contributed by atoms with Crippen LogP contribution in [0.1, 0.15) is 43.4 Å². The molecule has 3 nitrogen and oxygen atoms in total. The highest BCUT2D eigenvalue weighted by molar-refractivity contribution is 6.32. The zero-order chi connectivity index (χ0) is 22.0. The summed E-state index contributed by atoms with van der Waals surface area (Å²) < 4.78 is 5.30. The summed E-state index contributed by atoms with van der Waals surface area (Å²) in [6, 6.07) is 12.7. The lowest BCUT2D eigenvalue weighted by Gasteiger charge is -2.39. The number of aryl methyl sites for hydroxylation is 1. The maximum absolute atomic E-state index is 6.55. The van der Waals surface area contributed by atoms with Gasteiger partial charge < -0.3 is 10.1 Å². The van der Waals surface area contributed by atoms with E-state index in [4.69, 9.17) is 27.9 Å². The van der Waals surface area contributed by atoms with Gasteiger partial charge in [0.15, 0.2) is 0 Å². The van der Waals surface area contributed by atoms with Gasteiger partial charge in [-0.3, -0.25) is 4.90 Å². The number of benzene rings is 2. The molecule has 2 aliphatic rings. The van der Waals surface area contributed by atoms with Crippen molar-refractivity contribution in [2.75, 3.05) is 20.2 Å². The van der Waals surface area contributed by atoms with Crippen LogP contribution in [0.2, 0.25) is 10.0 Å². The van der Waals surface area contributed by atoms with E-state index >= 15 is 0 Å². The van der Waals surface area contributed by atoms with Gasteiger partial charge >= 0.3 is 0 Å². The minimum atomic E-state index is 0.550. The fraction of sp³-hybridized carbons (Fsp3) is 0.385. The predicted octanol–water partition coefficient (Wildman–Crippen LogP) is 6.49. The first-order valence-corrected chi connectivity index (χ1v) is 11.7. The SMILES string of the molecule is C/C=C(\NC1=C(C)CCN(C2CCc3ccc(Cl)cc3C2)C1)c1ccc(OC)cc1Cl. The standard InChI is InChI=1S/C26H30Cl2N2O/c1-4-25(23-10-9-22(31-3)15-24(23)28)29-26-16-30(12-11-17(26)2)21-8-6-18-5-7-20(27)13-19(18)14-21/h4-5,7,9-10,13,15,21,29H,6,8,11-12,14,16H2,1-3H3/b25-4-. The maximum Gasteiger partial charge on any atom is 0.120 e. The van der Waals surface area contributed by atoms with Gasteiger partial charge in [0.2, 0.25) is 0 Å². The third-order valence-corrected chi connectivity index (χ3v) is 7.13. The Morgan fingerprint density at radius 2 is 1.97 bits per heavy atom. The summed E-state index contributed by atoms with van der Waals surface area (Å²) in [6.45, 7) is 6.31. The highest BCUT2D eigenvalue weighted by Gasteiger charge is 2.28. The number of hydrogen-bond acceptors (Lipinski definition) is 3. The van der Waals surface area contributed by atoms with E-state index < -0.39 is 0 Å². The van der Waals surface area contributed by atoms with Crippen molar-refractivity contribution in [1.29, 1.82) is 0 Å². The molecule has 0 radical (unpaired) electrons. The van der Waals surface area contributed by atoms with E-state index in [1.165, 1.54) is 28.8 Å². The van der Waals surface area contributed by atoms with Gasteiger partial charge in [0, 0.05) is 41.1 Å². The van der Waals surface area contributed by atoms with Crippen molar-refractivity contribution < 1.29 is 4.74 Å². The van der Waals surface area contributed by atoms with E-state index in [0.717, 1.165) is 54.4 Å². The van der Waals surface area contributed by atoms with Crippen LogP contribution < -0.4 is 10.1 Å². The third kappa shape index (κ3) is 4.95. The fourth-order valence-corrected chi connectivity index (χ4v) is 5.12. The molecule has 164 valence electrons. The summed E-state index contributed by atoms with van der Waals surface area (Å²) in [7, 11) is 1.66. The molecule has 1 atom stereocenters. The molecule has 1 aliphatic carbocycles. The third-order valence-electron chi connectivity index (χ3n) is 6.58. The first-order valence-electron chi connectivity index (χ1n) is 11.0. The minimum absolute atomic E-state index is 0.550. The molecule has 4 rings (SSSR count). The minimum Gasteiger partial charge on any atom is -0.497 e. The molecule has 0 spiro atoms. The second-order valence-corrected chi connectivity index (χ2v) is 9.31. The topological polar surface area (TPSA) is 24.5 Å². The fourth-order valence-electron chi connectivity index (χ4n) is 4.65. The van der Waals surface area contributed by atoms with Crippen LogP contribution in [0.5, 0.6) is 5.75 Å².